The third kappa shape index (κ3) is 4.80. The Morgan fingerprint density at radius 2 is 1.86 bits per heavy atom. The molecule has 2 heterocycles. The molecular formula is C23H21N3S2. The molecule has 2 aromatic carbocycles. The lowest BCUT2D eigenvalue weighted by Gasteiger charge is -2.06. The van der Waals surface area contributed by atoms with Gasteiger partial charge >= 0.3 is 0 Å². The highest BCUT2D eigenvalue weighted by Crippen LogP contribution is 2.28. The number of hydrogen-bond acceptors (Lipinski definition) is 5. The monoisotopic (exact) mass is 403 g/mol. The Balaban J connectivity index is 1.46. The zero-order valence-corrected chi connectivity index (χ0v) is 17.3. The number of anilines is 2. The van der Waals surface area contributed by atoms with Crippen molar-refractivity contribution in [3.05, 3.63) is 88.9 Å². The van der Waals surface area contributed by atoms with Gasteiger partial charge in [-0.15, -0.1) is 24.0 Å². The first kappa shape index (κ1) is 18.7. The van der Waals surface area contributed by atoms with Gasteiger partial charge in [-0.1, -0.05) is 24.3 Å². The molecule has 4 aromatic rings. The summed E-state index contributed by atoms with van der Waals surface area (Å²) in [5.41, 5.74) is 4.45. The van der Waals surface area contributed by atoms with Crippen LogP contribution in [-0.4, -0.2) is 9.97 Å². The van der Waals surface area contributed by atoms with E-state index in [0.717, 1.165) is 34.0 Å². The maximum absolute atomic E-state index is 4.69. The van der Waals surface area contributed by atoms with Gasteiger partial charge in [0.15, 0.2) is 0 Å². The molecule has 28 heavy (non-hydrogen) atoms. The zero-order valence-electron chi connectivity index (χ0n) is 15.6. The highest BCUT2D eigenvalue weighted by atomic mass is 32.1. The van der Waals surface area contributed by atoms with Crippen molar-refractivity contribution < 1.29 is 0 Å². The van der Waals surface area contributed by atoms with Crippen molar-refractivity contribution >= 4 is 35.6 Å². The number of nitrogens with zero attached hydrogens (tertiary/aromatic N) is 2. The molecule has 0 radical (unpaired) electrons. The number of benzene rings is 2. The van der Waals surface area contributed by atoms with Crippen molar-refractivity contribution in [3.63, 3.8) is 0 Å². The molecule has 1 N–H and O–H groups in total. The van der Waals surface area contributed by atoms with Crippen LogP contribution in [0.3, 0.4) is 0 Å². The molecule has 0 aliphatic heterocycles. The molecule has 0 atom stereocenters. The summed E-state index contributed by atoms with van der Waals surface area (Å²) in [5, 5.41) is 3.29. The quantitative estimate of drug-likeness (QED) is 0.369. The number of thiophene rings is 1. The second kappa shape index (κ2) is 8.59. The SMILES string of the molecule is Cc1cccc(Nc2nccc(-c3ccc(CCc4cccc(S)c4)s3)n2)c1. The minimum Gasteiger partial charge on any atom is -0.324 e. The Labute approximate surface area is 174 Å². The first-order valence-corrected chi connectivity index (χ1v) is 10.5. The summed E-state index contributed by atoms with van der Waals surface area (Å²) >= 11 is 6.21. The Bertz CT molecular complexity index is 1090. The van der Waals surface area contributed by atoms with Crippen LogP contribution in [0.25, 0.3) is 10.6 Å². The van der Waals surface area contributed by atoms with E-state index in [0.29, 0.717) is 5.95 Å². The van der Waals surface area contributed by atoms with Crippen LogP contribution in [0.1, 0.15) is 16.0 Å². The summed E-state index contributed by atoms with van der Waals surface area (Å²) < 4.78 is 0. The Kier molecular flexibility index (Phi) is 5.74. The summed E-state index contributed by atoms with van der Waals surface area (Å²) in [5.74, 6) is 0.614. The summed E-state index contributed by atoms with van der Waals surface area (Å²) in [6.07, 6.45) is 3.83. The number of thiol groups is 1. The Hall–Kier alpha value is -2.63. The lowest BCUT2D eigenvalue weighted by atomic mass is 10.1. The molecule has 5 heteroatoms. The maximum Gasteiger partial charge on any atom is 0.227 e. The molecule has 0 saturated carbocycles. The number of nitrogens with one attached hydrogen (secondary N) is 1. The Morgan fingerprint density at radius 3 is 2.71 bits per heavy atom. The van der Waals surface area contributed by atoms with Crippen LogP contribution < -0.4 is 5.32 Å². The lowest BCUT2D eigenvalue weighted by molar-refractivity contribution is 0.975. The van der Waals surface area contributed by atoms with Crippen LogP contribution in [0, 0.1) is 6.92 Å². The van der Waals surface area contributed by atoms with E-state index in [1.54, 1.807) is 17.5 Å². The maximum atomic E-state index is 4.69. The molecule has 0 aliphatic rings. The number of hydrogen-bond donors (Lipinski definition) is 2. The molecule has 0 unspecified atom stereocenters. The fraction of sp³-hybridized carbons (Fsp3) is 0.130. The first-order valence-electron chi connectivity index (χ1n) is 9.19. The van der Waals surface area contributed by atoms with Crippen molar-refractivity contribution in [2.45, 2.75) is 24.7 Å². The number of rotatable bonds is 6. The Morgan fingerprint density at radius 1 is 0.964 bits per heavy atom. The van der Waals surface area contributed by atoms with Gasteiger partial charge in [-0.25, -0.2) is 9.97 Å². The fourth-order valence-electron chi connectivity index (χ4n) is 3.04. The summed E-state index contributed by atoms with van der Waals surface area (Å²) in [4.78, 5) is 12.6. The highest BCUT2D eigenvalue weighted by molar-refractivity contribution is 7.80. The predicted molar refractivity (Wildman–Crippen MR) is 121 cm³/mol. The van der Waals surface area contributed by atoms with Crippen LogP contribution >= 0.6 is 24.0 Å². The van der Waals surface area contributed by atoms with Gasteiger partial charge < -0.3 is 5.32 Å². The highest BCUT2D eigenvalue weighted by Gasteiger charge is 2.07. The van der Waals surface area contributed by atoms with Gasteiger partial charge in [-0.05, 0) is 73.4 Å². The van der Waals surface area contributed by atoms with E-state index in [2.05, 4.69) is 77.3 Å². The lowest BCUT2D eigenvalue weighted by Crippen LogP contribution is -1.97. The molecule has 0 fully saturated rings. The smallest absolute Gasteiger partial charge is 0.227 e. The first-order chi connectivity index (χ1) is 13.7. The van der Waals surface area contributed by atoms with E-state index in [9.17, 15) is 0 Å². The third-order valence-electron chi connectivity index (χ3n) is 4.41. The van der Waals surface area contributed by atoms with Crippen molar-refractivity contribution in [1.82, 2.24) is 9.97 Å². The number of aryl methyl sites for hydroxylation is 3. The van der Waals surface area contributed by atoms with Gasteiger partial charge in [0.2, 0.25) is 5.95 Å². The largest absolute Gasteiger partial charge is 0.324 e. The molecule has 0 saturated heterocycles. The number of aromatic nitrogens is 2. The normalized spacial score (nSPS) is 10.8. The third-order valence-corrected chi connectivity index (χ3v) is 5.86. The van der Waals surface area contributed by atoms with Gasteiger partial charge in [0.05, 0.1) is 10.6 Å². The van der Waals surface area contributed by atoms with Crippen LogP contribution in [-0.2, 0) is 12.8 Å². The minimum absolute atomic E-state index is 0.614. The average molecular weight is 404 g/mol. The van der Waals surface area contributed by atoms with E-state index in [1.807, 2.05) is 24.3 Å². The standard InChI is InChI=1S/C23H21N3S2/c1-16-4-2-6-18(14-16)25-23-24-13-12-21(26-23)22-11-10-20(28-22)9-8-17-5-3-7-19(27)15-17/h2-7,10-15,27H,8-9H2,1H3,(H,24,25,26). The van der Waals surface area contributed by atoms with Gasteiger partial charge in [0, 0.05) is 21.7 Å². The van der Waals surface area contributed by atoms with Gasteiger partial charge in [-0.3, -0.25) is 0 Å². The van der Waals surface area contributed by atoms with Crippen molar-refractivity contribution in [3.8, 4) is 10.6 Å². The predicted octanol–water partition coefficient (Wildman–Crippen LogP) is 6.33. The molecule has 3 nitrogen and oxygen atoms in total. The average Bonchev–Trinajstić information content (AvgIpc) is 3.16. The van der Waals surface area contributed by atoms with E-state index in [1.165, 1.54) is 16.0 Å². The second-order valence-corrected chi connectivity index (χ2v) is 8.38. The van der Waals surface area contributed by atoms with Crippen molar-refractivity contribution in [1.29, 1.82) is 0 Å². The molecular weight excluding hydrogens is 382 g/mol. The topological polar surface area (TPSA) is 37.8 Å². The summed E-state index contributed by atoms with van der Waals surface area (Å²) in [6.45, 7) is 2.07. The minimum atomic E-state index is 0.614. The fourth-order valence-corrected chi connectivity index (χ4v) is 4.27. The summed E-state index contributed by atoms with van der Waals surface area (Å²) in [6, 6.07) is 22.8. The molecule has 140 valence electrons. The van der Waals surface area contributed by atoms with E-state index >= 15 is 0 Å². The zero-order chi connectivity index (χ0) is 19.3. The van der Waals surface area contributed by atoms with Crippen LogP contribution in [0.2, 0.25) is 0 Å². The molecule has 0 aliphatic carbocycles. The van der Waals surface area contributed by atoms with Gasteiger partial charge in [-0.2, -0.15) is 0 Å². The second-order valence-electron chi connectivity index (χ2n) is 6.70. The van der Waals surface area contributed by atoms with Gasteiger partial charge in [0.1, 0.15) is 0 Å². The molecule has 2 aromatic heterocycles. The van der Waals surface area contributed by atoms with Crippen LogP contribution in [0.4, 0.5) is 11.6 Å². The van der Waals surface area contributed by atoms with E-state index in [-0.39, 0.29) is 0 Å². The van der Waals surface area contributed by atoms with E-state index in [4.69, 9.17) is 0 Å². The van der Waals surface area contributed by atoms with Crippen LogP contribution in [0.5, 0.6) is 0 Å². The molecule has 4 rings (SSSR count). The van der Waals surface area contributed by atoms with Crippen molar-refractivity contribution in [2.75, 3.05) is 5.32 Å². The van der Waals surface area contributed by atoms with E-state index < -0.39 is 0 Å². The van der Waals surface area contributed by atoms with Gasteiger partial charge in [0.25, 0.3) is 0 Å². The van der Waals surface area contributed by atoms with Crippen molar-refractivity contribution in [2.24, 2.45) is 0 Å². The summed E-state index contributed by atoms with van der Waals surface area (Å²) in [7, 11) is 0. The molecule has 0 bridgehead atoms. The molecule has 0 spiro atoms. The molecule has 0 amide bonds. The van der Waals surface area contributed by atoms with Crippen LogP contribution in [0.15, 0.2) is 77.8 Å².